The molecule has 2 saturated heterocycles. The fraction of sp³-hybridized carbons (Fsp3) is 0.316. The lowest BCUT2D eigenvalue weighted by molar-refractivity contribution is -0.123. The summed E-state index contributed by atoms with van der Waals surface area (Å²) in [6.07, 6.45) is 0. The van der Waals surface area contributed by atoms with Crippen LogP contribution in [0.25, 0.3) is 11.1 Å². The van der Waals surface area contributed by atoms with E-state index in [1.807, 2.05) is 24.3 Å². The second-order valence-corrected chi connectivity index (χ2v) is 8.57. The van der Waals surface area contributed by atoms with E-state index in [-0.39, 0.29) is 5.69 Å². The zero-order chi connectivity index (χ0) is 19.9. The van der Waals surface area contributed by atoms with E-state index in [1.54, 1.807) is 6.07 Å². The highest BCUT2D eigenvalue weighted by Gasteiger charge is 2.41. The summed E-state index contributed by atoms with van der Waals surface area (Å²) in [5.74, 6) is -1.29. The zero-order valence-electron chi connectivity index (χ0n) is 15.3. The van der Waals surface area contributed by atoms with E-state index in [2.05, 4.69) is 4.90 Å². The Morgan fingerprint density at radius 2 is 1.64 bits per heavy atom. The highest BCUT2D eigenvalue weighted by Crippen LogP contribution is 2.31. The molecule has 0 unspecified atom stereocenters. The quantitative estimate of drug-likeness (QED) is 0.780. The molecule has 0 bridgehead atoms. The van der Waals surface area contributed by atoms with Gasteiger partial charge in [-0.1, -0.05) is 18.2 Å². The van der Waals surface area contributed by atoms with E-state index >= 15 is 0 Å². The van der Waals surface area contributed by atoms with Gasteiger partial charge >= 0.3 is 10.2 Å². The molecule has 0 saturated carbocycles. The first-order valence-electron chi connectivity index (χ1n) is 8.90. The van der Waals surface area contributed by atoms with Gasteiger partial charge in [-0.25, -0.2) is 13.0 Å². The fourth-order valence-corrected chi connectivity index (χ4v) is 4.65. The van der Waals surface area contributed by atoms with Crippen molar-refractivity contribution in [3.63, 3.8) is 0 Å². The van der Waals surface area contributed by atoms with Gasteiger partial charge in [0.05, 0.1) is 18.9 Å². The number of carbonyl (C=O) groups is 1. The molecule has 2 fully saturated rings. The fourth-order valence-electron chi connectivity index (χ4n) is 3.36. The molecule has 1 amide bonds. The molecule has 0 radical (unpaired) electrons. The first-order valence-corrected chi connectivity index (χ1v) is 10.3. The molecule has 0 aromatic heterocycles. The van der Waals surface area contributed by atoms with E-state index < -0.39 is 28.5 Å². The van der Waals surface area contributed by atoms with Crippen molar-refractivity contribution in [1.29, 1.82) is 0 Å². The van der Waals surface area contributed by atoms with Crippen molar-refractivity contribution in [1.82, 2.24) is 4.31 Å². The van der Waals surface area contributed by atoms with Gasteiger partial charge in [0, 0.05) is 25.8 Å². The number of rotatable bonds is 3. The standard InChI is InChI=1S/C19H20FN3O4S/c1-21-19(24)13-23(28(21,25)26)18-7-4-15(12-17(18)20)14-2-5-16(6-3-14)22-8-10-27-11-9-22/h2-7,12H,8-11,13H2,1H3. The molecule has 7 nitrogen and oxygen atoms in total. The molecule has 2 heterocycles. The first kappa shape index (κ1) is 18.7. The van der Waals surface area contributed by atoms with Crippen molar-refractivity contribution in [2.45, 2.75) is 0 Å². The van der Waals surface area contributed by atoms with Crippen molar-refractivity contribution in [3.05, 3.63) is 48.3 Å². The summed E-state index contributed by atoms with van der Waals surface area (Å²) < 4.78 is 46.0. The molecule has 0 spiro atoms. The first-order chi connectivity index (χ1) is 13.4. The normalized spacial score (nSPS) is 19.4. The van der Waals surface area contributed by atoms with Crippen LogP contribution in [0, 0.1) is 5.82 Å². The van der Waals surface area contributed by atoms with Crippen molar-refractivity contribution in [2.75, 3.05) is 49.1 Å². The van der Waals surface area contributed by atoms with Crippen LogP contribution in [-0.4, -0.2) is 58.5 Å². The van der Waals surface area contributed by atoms with E-state index in [0.717, 1.165) is 28.6 Å². The summed E-state index contributed by atoms with van der Waals surface area (Å²) >= 11 is 0. The number of benzene rings is 2. The van der Waals surface area contributed by atoms with Crippen LogP contribution in [0.1, 0.15) is 0 Å². The number of carbonyl (C=O) groups excluding carboxylic acids is 1. The smallest absolute Gasteiger partial charge is 0.328 e. The third-order valence-corrected chi connectivity index (χ3v) is 6.83. The lowest BCUT2D eigenvalue weighted by Crippen LogP contribution is -2.36. The Morgan fingerprint density at radius 3 is 2.21 bits per heavy atom. The summed E-state index contributed by atoms with van der Waals surface area (Å²) in [4.78, 5) is 13.9. The van der Waals surface area contributed by atoms with Gasteiger partial charge in [0.2, 0.25) is 0 Å². The number of halogens is 1. The van der Waals surface area contributed by atoms with Crippen LogP contribution in [-0.2, 0) is 19.7 Å². The summed E-state index contributed by atoms with van der Waals surface area (Å²) in [6.45, 7) is 2.67. The van der Waals surface area contributed by atoms with Gasteiger partial charge in [0.25, 0.3) is 5.91 Å². The minimum Gasteiger partial charge on any atom is -0.378 e. The molecule has 28 heavy (non-hydrogen) atoms. The maximum absolute atomic E-state index is 14.7. The van der Waals surface area contributed by atoms with Crippen LogP contribution in [0.15, 0.2) is 42.5 Å². The Balaban J connectivity index is 1.59. The average Bonchev–Trinajstić information content (AvgIpc) is 2.91. The number of morpholine rings is 1. The topological polar surface area (TPSA) is 70.2 Å². The van der Waals surface area contributed by atoms with E-state index in [0.29, 0.717) is 23.1 Å². The molecule has 2 aliphatic rings. The van der Waals surface area contributed by atoms with Crippen LogP contribution >= 0.6 is 0 Å². The lowest BCUT2D eigenvalue weighted by atomic mass is 10.0. The number of hydrogen-bond donors (Lipinski definition) is 0. The maximum atomic E-state index is 14.7. The highest BCUT2D eigenvalue weighted by molar-refractivity contribution is 7.91. The van der Waals surface area contributed by atoms with Crippen molar-refractivity contribution < 1.29 is 22.3 Å². The number of ether oxygens (including phenoxy) is 1. The lowest BCUT2D eigenvalue weighted by Gasteiger charge is -2.29. The number of anilines is 2. The number of amides is 1. The van der Waals surface area contributed by atoms with Crippen LogP contribution in [0.2, 0.25) is 0 Å². The maximum Gasteiger partial charge on any atom is 0.328 e. The number of nitrogens with zero attached hydrogens (tertiary/aromatic N) is 3. The Hall–Kier alpha value is -2.65. The minimum atomic E-state index is -4.02. The molecule has 2 aliphatic heterocycles. The largest absolute Gasteiger partial charge is 0.378 e. The minimum absolute atomic E-state index is 0.133. The van der Waals surface area contributed by atoms with Crippen LogP contribution < -0.4 is 9.21 Å². The molecule has 2 aromatic carbocycles. The highest BCUT2D eigenvalue weighted by atomic mass is 32.2. The van der Waals surface area contributed by atoms with Gasteiger partial charge in [0.15, 0.2) is 0 Å². The number of likely N-dealkylation sites (N-methyl/N-ethyl adjacent to an activating group) is 1. The Labute approximate surface area is 163 Å². The summed E-state index contributed by atoms with van der Waals surface area (Å²) in [5, 5.41) is 0. The van der Waals surface area contributed by atoms with E-state index in [4.69, 9.17) is 4.74 Å². The SMILES string of the molecule is CN1C(=O)CN(c2ccc(-c3ccc(N4CCOCC4)cc3)cc2F)S1(=O)=O. The Bertz CT molecular complexity index is 1000. The third-order valence-electron chi connectivity index (χ3n) is 5.05. The van der Waals surface area contributed by atoms with Gasteiger partial charge < -0.3 is 9.64 Å². The number of hydrogen-bond acceptors (Lipinski definition) is 5. The van der Waals surface area contributed by atoms with Crippen molar-refractivity contribution in [3.8, 4) is 11.1 Å². The van der Waals surface area contributed by atoms with Gasteiger partial charge in [-0.05, 0) is 35.4 Å². The molecular weight excluding hydrogens is 385 g/mol. The summed E-state index contributed by atoms with van der Waals surface area (Å²) in [5.41, 5.74) is 2.39. The predicted molar refractivity (Wildman–Crippen MR) is 104 cm³/mol. The van der Waals surface area contributed by atoms with Crippen LogP contribution in [0.4, 0.5) is 15.8 Å². The van der Waals surface area contributed by atoms with Crippen LogP contribution in [0.3, 0.4) is 0 Å². The second kappa shape index (κ2) is 7.06. The predicted octanol–water partition coefficient (Wildman–Crippen LogP) is 1.85. The van der Waals surface area contributed by atoms with Gasteiger partial charge in [-0.3, -0.25) is 4.79 Å². The third kappa shape index (κ3) is 3.20. The van der Waals surface area contributed by atoms with Crippen molar-refractivity contribution in [2.24, 2.45) is 0 Å². The molecule has 0 N–H and O–H groups in total. The van der Waals surface area contributed by atoms with Gasteiger partial charge in [-0.2, -0.15) is 8.42 Å². The van der Waals surface area contributed by atoms with Crippen molar-refractivity contribution >= 4 is 27.5 Å². The van der Waals surface area contributed by atoms with E-state index in [1.165, 1.54) is 19.2 Å². The molecule has 9 heteroatoms. The van der Waals surface area contributed by atoms with Crippen LogP contribution in [0.5, 0.6) is 0 Å². The second-order valence-electron chi connectivity index (χ2n) is 6.69. The Morgan fingerprint density at radius 1 is 1.00 bits per heavy atom. The Kier molecular flexibility index (Phi) is 4.72. The molecular formula is C19H20FN3O4S. The monoisotopic (exact) mass is 405 g/mol. The van der Waals surface area contributed by atoms with Gasteiger partial charge in [0.1, 0.15) is 12.4 Å². The zero-order valence-corrected chi connectivity index (χ0v) is 16.2. The molecule has 4 rings (SSSR count). The van der Waals surface area contributed by atoms with E-state index in [9.17, 15) is 17.6 Å². The molecule has 0 aliphatic carbocycles. The molecule has 148 valence electrons. The summed E-state index contributed by atoms with van der Waals surface area (Å²) in [6, 6.07) is 12.1. The average molecular weight is 405 g/mol. The summed E-state index contributed by atoms with van der Waals surface area (Å²) in [7, 11) is -2.86. The molecule has 0 atom stereocenters. The molecule has 2 aromatic rings. The van der Waals surface area contributed by atoms with Gasteiger partial charge in [-0.15, -0.1) is 0 Å².